The van der Waals surface area contributed by atoms with Gasteiger partial charge in [-0.15, -0.1) is 0 Å². The Hall–Kier alpha value is -1.63. The van der Waals surface area contributed by atoms with Crippen molar-refractivity contribution < 1.29 is 9.53 Å². The van der Waals surface area contributed by atoms with Crippen LogP contribution >= 0.6 is 22.6 Å². The van der Waals surface area contributed by atoms with Crippen molar-refractivity contribution in [2.45, 2.75) is 13.8 Å². The van der Waals surface area contributed by atoms with Gasteiger partial charge in [0.1, 0.15) is 11.6 Å². The van der Waals surface area contributed by atoms with E-state index in [1.807, 2.05) is 32.0 Å². The Bertz CT molecular complexity index is 629. The minimum absolute atomic E-state index is 0.220. The SMILES string of the molecule is CCOc1ccccc1C(=O)Nc1ccc(I)c(C)n1. The van der Waals surface area contributed by atoms with Gasteiger partial charge in [0.05, 0.1) is 17.9 Å². The normalized spacial score (nSPS) is 10.2. The van der Waals surface area contributed by atoms with E-state index in [1.165, 1.54) is 0 Å². The molecule has 1 aromatic carbocycles. The van der Waals surface area contributed by atoms with Crippen LogP contribution in [0.15, 0.2) is 36.4 Å². The molecule has 0 fully saturated rings. The first kappa shape index (κ1) is 14.8. The first-order valence-electron chi connectivity index (χ1n) is 6.28. The number of benzene rings is 1. The molecule has 1 heterocycles. The number of pyridine rings is 1. The van der Waals surface area contributed by atoms with Crippen molar-refractivity contribution in [3.05, 3.63) is 51.2 Å². The fourth-order valence-electron chi connectivity index (χ4n) is 1.73. The number of ether oxygens (including phenoxy) is 1. The molecule has 0 aliphatic rings. The molecule has 0 radical (unpaired) electrons. The maximum atomic E-state index is 12.3. The van der Waals surface area contributed by atoms with Gasteiger partial charge in [-0.1, -0.05) is 12.1 Å². The second-order valence-electron chi connectivity index (χ2n) is 4.15. The Kier molecular flexibility index (Phi) is 4.94. The van der Waals surface area contributed by atoms with Crippen molar-refractivity contribution in [2.75, 3.05) is 11.9 Å². The van der Waals surface area contributed by atoms with E-state index in [1.54, 1.807) is 18.2 Å². The Balaban J connectivity index is 2.21. The third-order valence-corrected chi connectivity index (χ3v) is 3.83. The Morgan fingerprint density at radius 3 is 2.75 bits per heavy atom. The molecule has 1 N–H and O–H groups in total. The van der Waals surface area contributed by atoms with Crippen molar-refractivity contribution in [2.24, 2.45) is 0 Å². The Morgan fingerprint density at radius 1 is 1.30 bits per heavy atom. The average molecular weight is 382 g/mol. The van der Waals surface area contributed by atoms with Crippen molar-refractivity contribution in [3.8, 4) is 5.75 Å². The summed E-state index contributed by atoms with van der Waals surface area (Å²) in [7, 11) is 0. The fourth-order valence-corrected chi connectivity index (χ4v) is 2.03. The van der Waals surface area contributed by atoms with Crippen LogP contribution in [0, 0.1) is 10.5 Å². The number of hydrogen-bond acceptors (Lipinski definition) is 3. The van der Waals surface area contributed by atoms with Gasteiger partial charge in [0.15, 0.2) is 0 Å². The van der Waals surface area contributed by atoms with Crippen LogP contribution in [-0.2, 0) is 0 Å². The van der Waals surface area contributed by atoms with Crippen LogP contribution in [0.2, 0.25) is 0 Å². The monoisotopic (exact) mass is 382 g/mol. The predicted molar refractivity (Wildman–Crippen MR) is 87.3 cm³/mol. The second kappa shape index (κ2) is 6.69. The van der Waals surface area contributed by atoms with Gasteiger partial charge in [-0.3, -0.25) is 4.79 Å². The predicted octanol–water partition coefficient (Wildman–Crippen LogP) is 3.65. The zero-order valence-corrected chi connectivity index (χ0v) is 13.5. The van der Waals surface area contributed by atoms with E-state index in [4.69, 9.17) is 4.74 Å². The lowest BCUT2D eigenvalue weighted by Gasteiger charge is -2.10. The van der Waals surface area contributed by atoms with Gasteiger partial charge in [0.25, 0.3) is 5.91 Å². The third kappa shape index (κ3) is 3.47. The number of aromatic nitrogens is 1. The Morgan fingerprint density at radius 2 is 2.05 bits per heavy atom. The summed E-state index contributed by atoms with van der Waals surface area (Å²) in [6.45, 7) is 4.31. The lowest BCUT2D eigenvalue weighted by molar-refractivity contribution is 0.102. The quantitative estimate of drug-likeness (QED) is 0.822. The van der Waals surface area contributed by atoms with Crippen molar-refractivity contribution in [1.29, 1.82) is 0 Å². The van der Waals surface area contributed by atoms with Crippen LogP contribution in [0.25, 0.3) is 0 Å². The number of carbonyl (C=O) groups is 1. The van der Waals surface area contributed by atoms with E-state index in [-0.39, 0.29) is 5.91 Å². The number of para-hydroxylation sites is 1. The van der Waals surface area contributed by atoms with Gasteiger partial charge in [-0.05, 0) is 60.7 Å². The van der Waals surface area contributed by atoms with Crippen LogP contribution in [0.5, 0.6) is 5.75 Å². The van der Waals surface area contributed by atoms with Gasteiger partial charge in [-0.25, -0.2) is 4.98 Å². The molecule has 0 saturated carbocycles. The van der Waals surface area contributed by atoms with E-state index in [0.717, 1.165) is 9.26 Å². The summed E-state index contributed by atoms with van der Waals surface area (Å²) in [5.41, 5.74) is 1.40. The summed E-state index contributed by atoms with van der Waals surface area (Å²) >= 11 is 2.21. The highest BCUT2D eigenvalue weighted by molar-refractivity contribution is 14.1. The minimum atomic E-state index is -0.220. The molecule has 0 unspecified atom stereocenters. The number of amides is 1. The number of nitrogens with one attached hydrogen (secondary N) is 1. The van der Waals surface area contributed by atoms with Crippen molar-refractivity contribution in [3.63, 3.8) is 0 Å². The molecule has 1 amide bonds. The molecule has 1 aromatic heterocycles. The number of nitrogens with zero attached hydrogens (tertiary/aromatic N) is 1. The van der Waals surface area contributed by atoms with Crippen molar-refractivity contribution in [1.82, 2.24) is 4.98 Å². The maximum Gasteiger partial charge on any atom is 0.260 e. The second-order valence-corrected chi connectivity index (χ2v) is 5.31. The summed E-state index contributed by atoms with van der Waals surface area (Å²) < 4.78 is 6.52. The van der Waals surface area contributed by atoms with E-state index in [9.17, 15) is 4.79 Å². The summed E-state index contributed by atoms with van der Waals surface area (Å²) in [5.74, 6) is 0.899. The number of hydrogen-bond donors (Lipinski definition) is 1. The lowest BCUT2D eigenvalue weighted by atomic mass is 10.2. The van der Waals surface area contributed by atoms with E-state index >= 15 is 0 Å². The number of rotatable bonds is 4. The number of aryl methyl sites for hydroxylation is 1. The van der Waals surface area contributed by atoms with Crippen LogP contribution in [0.3, 0.4) is 0 Å². The molecule has 0 atom stereocenters. The smallest absolute Gasteiger partial charge is 0.260 e. The average Bonchev–Trinajstić information content (AvgIpc) is 2.44. The first-order valence-corrected chi connectivity index (χ1v) is 7.36. The molecular formula is C15H15IN2O2. The molecule has 2 aromatic rings. The molecule has 0 bridgehead atoms. The van der Waals surface area contributed by atoms with Gasteiger partial charge in [0.2, 0.25) is 0 Å². The summed E-state index contributed by atoms with van der Waals surface area (Å²) in [6, 6.07) is 10.9. The molecular weight excluding hydrogens is 367 g/mol. The van der Waals surface area contributed by atoms with Crippen LogP contribution in [0.4, 0.5) is 5.82 Å². The van der Waals surface area contributed by atoms with Crippen LogP contribution in [-0.4, -0.2) is 17.5 Å². The third-order valence-electron chi connectivity index (χ3n) is 2.69. The van der Waals surface area contributed by atoms with E-state index in [0.29, 0.717) is 23.7 Å². The summed E-state index contributed by atoms with van der Waals surface area (Å²) in [6.07, 6.45) is 0. The molecule has 20 heavy (non-hydrogen) atoms. The van der Waals surface area contributed by atoms with Gasteiger partial charge in [0, 0.05) is 3.57 Å². The molecule has 5 heteroatoms. The number of anilines is 1. The lowest BCUT2D eigenvalue weighted by Crippen LogP contribution is -2.15. The molecule has 0 saturated heterocycles. The highest BCUT2D eigenvalue weighted by atomic mass is 127. The van der Waals surface area contributed by atoms with Crippen molar-refractivity contribution >= 4 is 34.3 Å². The molecule has 0 spiro atoms. The minimum Gasteiger partial charge on any atom is -0.493 e. The first-order chi connectivity index (χ1) is 9.61. The Labute approximate surface area is 131 Å². The molecule has 4 nitrogen and oxygen atoms in total. The summed E-state index contributed by atoms with van der Waals surface area (Å²) in [4.78, 5) is 16.6. The molecule has 104 valence electrons. The molecule has 2 rings (SSSR count). The topological polar surface area (TPSA) is 51.2 Å². The highest BCUT2D eigenvalue weighted by Gasteiger charge is 2.12. The van der Waals surface area contributed by atoms with E-state index < -0.39 is 0 Å². The standard InChI is InChI=1S/C15H15IN2O2/c1-3-20-13-7-5-4-6-11(13)15(19)18-14-9-8-12(16)10(2)17-14/h4-9H,3H2,1-2H3,(H,17,18,19). The molecule has 0 aliphatic carbocycles. The van der Waals surface area contributed by atoms with Gasteiger partial charge >= 0.3 is 0 Å². The maximum absolute atomic E-state index is 12.3. The highest BCUT2D eigenvalue weighted by Crippen LogP contribution is 2.20. The zero-order chi connectivity index (χ0) is 14.5. The van der Waals surface area contributed by atoms with Gasteiger partial charge < -0.3 is 10.1 Å². The number of carbonyl (C=O) groups excluding carboxylic acids is 1. The van der Waals surface area contributed by atoms with E-state index in [2.05, 4.69) is 32.9 Å². The number of halogens is 1. The molecule has 0 aliphatic heterocycles. The largest absolute Gasteiger partial charge is 0.493 e. The fraction of sp³-hybridized carbons (Fsp3) is 0.200. The summed E-state index contributed by atoms with van der Waals surface area (Å²) in [5, 5.41) is 2.79. The van der Waals surface area contributed by atoms with Crippen LogP contribution < -0.4 is 10.1 Å². The van der Waals surface area contributed by atoms with Crippen LogP contribution in [0.1, 0.15) is 23.0 Å². The van der Waals surface area contributed by atoms with Gasteiger partial charge in [-0.2, -0.15) is 0 Å². The zero-order valence-electron chi connectivity index (χ0n) is 11.3.